The van der Waals surface area contributed by atoms with Crippen LogP contribution in [-0.2, 0) is 27.4 Å². The highest BCUT2D eigenvalue weighted by atomic mass is 32.1. The lowest BCUT2D eigenvalue weighted by Crippen LogP contribution is -2.23. The zero-order valence-corrected chi connectivity index (χ0v) is 19.4. The number of thiazole rings is 1. The topological polar surface area (TPSA) is 84.5 Å². The summed E-state index contributed by atoms with van der Waals surface area (Å²) in [5, 5.41) is 3.48. The van der Waals surface area contributed by atoms with Gasteiger partial charge in [0, 0.05) is 35.8 Å². The first-order valence-electron chi connectivity index (χ1n) is 10.7. The number of aromatic amines is 1. The minimum absolute atomic E-state index is 0.0695. The standard InChI is InChI=1S/C25H25N3O4S/c1-17(29)28(22-11-5-6-12-23(22)31-2)25-27-19(16-33-25)15-32-24(30)13-7-8-18-14-26-21-10-4-3-9-20(18)21/h3-6,9-12,14,16,26H,7-8,13,15H2,1-2H3. The Morgan fingerprint density at radius 3 is 2.73 bits per heavy atom. The number of esters is 1. The van der Waals surface area contributed by atoms with Crippen LogP contribution in [0.2, 0.25) is 0 Å². The molecule has 0 fully saturated rings. The van der Waals surface area contributed by atoms with Gasteiger partial charge >= 0.3 is 5.97 Å². The number of carbonyl (C=O) groups is 2. The smallest absolute Gasteiger partial charge is 0.306 e. The Kier molecular flexibility index (Phi) is 7.04. The molecule has 7 nitrogen and oxygen atoms in total. The largest absolute Gasteiger partial charge is 0.495 e. The summed E-state index contributed by atoms with van der Waals surface area (Å²) in [6.07, 6.45) is 3.83. The van der Waals surface area contributed by atoms with Crippen molar-refractivity contribution in [3.05, 3.63) is 71.4 Å². The second kappa shape index (κ2) is 10.3. The van der Waals surface area contributed by atoms with Crippen LogP contribution in [0.15, 0.2) is 60.1 Å². The minimum Gasteiger partial charge on any atom is -0.495 e. The Morgan fingerprint density at radius 2 is 1.91 bits per heavy atom. The summed E-state index contributed by atoms with van der Waals surface area (Å²) < 4.78 is 10.8. The quantitative estimate of drug-likeness (QED) is 0.337. The molecule has 0 atom stereocenters. The van der Waals surface area contributed by atoms with Gasteiger partial charge in [0.15, 0.2) is 5.13 Å². The molecule has 0 saturated heterocycles. The number of benzene rings is 2. The number of fused-ring (bicyclic) bond motifs is 1. The number of aryl methyl sites for hydroxylation is 1. The lowest BCUT2D eigenvalue weighted by atomic mass is 10.1. The van der Waals surface area contributed by atoms with E-state index in [2.05, 4.69) is 16.0 Å². The minimum atomic E-state index is -0.266. The Hall–Kier alpha value is -3.65. The number of aromatic nitrogens is 2. The fraction of sp³-hybridized carbons (Fsp3) is 0.240. The third-order valence-corrected chi connectivity index (χ3v) is 6.13. The predicted octanol–water partition coefficient (Wildman–Crippen LogP) is 5.38. The van der Waals surface area contributed by atoms with Crippen molar-refractivity contribution in [3.8, 4) is 5.75 Å². The maximum atomic E-state index is 12.3. The number of ether oxygens (including phenoxy) is 2. The van der Waals surface area contributed by atoms with Crippen LogP contribution < -0.4 is 9.64 Å². The average molecular weight is 464 g/mol. The van der Waals surface area contributed by atoms with Crippen LogP contribution in [-0.4, -0.2) is 29.0 Å². The summed E-state index contributed by atoms with van der Waals surface area (Å²) in [4.78, 5) is 33.8. The number of rotatable bonds is 9. The molecule has 2 aromatic carbocycles. The molecule has 4 aromatic rings. The van der Waals surface area contributed by atoms with Crippen molar-refractivity contribution in [1.82, 2.24) is 9.97 Å². The Morgan fingerprint density at radius 1 is 1.12 bits per heavy atom. The van der Waals surface area contributed by atoms with Crippen LogP contribution in [0.1, 0.15) is 31.0 Å². The van der Waals surface area contributed by atoms with Crippen molar-refractivity contribution in [2.75, 3.05) is 12.0 Å². The van der Waals surface area contributed by atoms with E-state index in [0.29, 0.717) is 35.1 Å². The molecule has 8 heteroatoms. The molecule has 0 spiro atoms. The molecular formula is C25H25N3O4S. The Labute approximate surface area is 196 Å². The summed E-state index contributed by atoms with van der Waals surface area (Å²) in [6, 6.07) is 15.4. The van der Waals surface area contributed by atoms with Crippen LogP contribution in [0.4, 0.5) is 10.8 Å². The first kappa shape index (κ1) is 22.5. The summed E-state index contributed by atoms with van der Waals surface area (Å²) in [6.45, 7) is 1.54. The van der Waals surface area contributed by atoms with Crippen molar-refractivity contribution >= 4 is 44.9 Å². The SMILES string of the molecule is COc1ccccc1N(C(C)=O)c1nc(COC(=O)CCCc2c[nH]c3ccccc23)cs1. The fourth-order valence-corrected chi connectivity index (χ4v) is 4.54. The molecule has 0 saturated carbocycles. The number of nitrogens with zero attached hydrogens (tertiary/aromatic N) is 2. The molecule has 4 rings (SSSR count). The van der Waals surface area contributed by atoms with Crippen LogP contribution >= 0.6 is 11.3 Å². The molecule has 1 amide bonds. The second-order valence-electron chi connectivity index (χ2n) is 7.52. The molecule has 0 unspecified atom stereocenters. The highest BCUT2D eigenvalue weighted by Crippen LogP contribution is 2.35. The maximum Gasteiger partial charge on any atom is 0.306 e. The average Bonchev–Trinajstić information content (AvgIpc) is 3.45. The molecule has 0 aliphatic carbocycles. The van der Waals surface area contributed by atoms with Gasteiger partial charge in [0.25, 0.3) is 0 Å². The molecule has 170 valence electrons. The normalized spacial score (nSPS) is 10.8. The van der Waals surface area contributed by atoms with E-state index in [4.69, 9.17) is 9.47 Å². The van der Waals surface area contributed by atoms with Crippen LogP contribution in [0.3, 0.4) is 0 Å². The van der Waals surface area contributed by atoms with E-state index in [9.17, 15) is 9.59 Å². The molecule has 0 aliphatic rings. The van der Waals surface area contributed by atoms with Gasteiger partial charge < -0.3 is 14.5 Å². The lowest BCUT2D eigenvalue weighted by molar-refractivity contribution is -0.145. The van der Waals surface area contributed by atoms with Gasteiger partial charge in [-0.25, -0.2) is 4.98 Å². The molecule has 0 radical (unpaired) electrons. The van der Waals surface area contributed by atoms with Crippen LogP contribution in [0.25, 0.3) is 10.9 Å². The summed E-state index contributed by atoms with van der Waals surface area (Å²) in [7, 11) is 1.56. The molecular weight excluding hydrogens is 438 g/mol. The highest BCUT2D eigenvalue weighted by molar-refractivity contribution is 7.14. The Bertz CT molecular complexity index is 1260. The van der Waals surface area contributed by atoms with E-state index in [-0.39, 0.29) is 18.5 Å². The third-order valence-electron chi connectivity index (χ3n) is 5.25. The van der Waals surface area contributed by atoms with Gasteiger partial charge in [0.05, 0.1) is 18.5 Å². The number of anilines is 2. The maximum absolute atomic E-state index is 12.3. The summed E-state index contributed by atoms with van der Waals surface area (Å²) in [5.74, 6) is 0.123. The molecule has 33 heavy (non-hydrogen) atoms. The second-order valence-corrected chi connectivity index (χ2v) is 8.36. The van der Waals surface area contributed by atoms with E-state index in [1.165, 1.54) is 34.1 Å². The van der Waals surface area contributed by atoms with Gasteiger partial charge in [0.1, 0.15) is 12.4 Å². The van der Waals surface area contributed by atoms with E-state index >= 15 is 0 Å². The first-order chi connectivity index (χ1) is 16.1. The lowest BCUT2D eigenvalue weighted by Gasteiger charge is -2.20. The van der Waals surface area contributed by atoms with Crippen LogP contribution in [0.5, 0.6) is 5.75 Å². The number of methoxy groups -OCH3 is 1. The number of H-pyrrole nitrogens is 1. The predicted molar refractivity (Wildman–Crippen MR) is 129 cm³/mol. The highest BCUT2D eigenvalue weighted by Gasteiger charge is 2.21. The van der Waals surface area contributed by atoms with Crippen LogP contribution in [0, 0.1) is 0 Å². The third kappa shape index (κ3) is 5.23. The summed E-state index contributed by atoms with van der Waals surface area (Å²) in [5.41, 5.74) is 3.51. The number of nitrogens with one attached hydrogen (secondary N) is 1. The van der Waals surface area contributed by atoms with Crippen molar-refractivity contribution in [1.29, 1.82) is 0 Å². The van der Waals surface area contributed by atoms with Gasteiger partial charge in [0.2, 0.25) is 5.91 Å². The van der Waals surface area contributed by atoms with Crippen molar-refractivity contribution < 1.29 is 19.1 Å². The molecule has 1 N–H and O–H groups in total. The monoisotopic (exact) mass is 463 g/mol. The zero-order chi connectivity index (χ0) is 23.2. The molecule has 2 aromatic heterocycles. The molecule has 0 aliphatic heterocycles. The van der Waals surface area contributed by atoms with Crippen molar-refractivity contribution in [3.63, 3.8) is 0 Å². The number of carbonyl (C=O) groups excluding carboxylic acids is 2. The number of amides is 1. The van der Waals surface area contributed by atoms with Crippen molar-refractivity contribution in [2.24, 2.45) is 0 Å². The van der Waals surface area contributed by atoms with E-state index in [1.54, 1.807) is 24.6 Å². The molecule has 0 bridgehead atoms. The van der Waals surface area contributed by atoms with E-state index in [1.807, 2.05) is 36.5 Å². The van der Waals surface area contributed by atoms with Gasteiger partial charge in [-0.05, 0) is 36.6 Å². The zero-order valence-electron chi connectivity index (χ0n) is 18.5. The first-order valence-corrected chi connectivity index (χ1v) is 11.5. The summed E-state index contributed by atoms with van der Waals surface area (Å²) >= 11 is 1.31. The Balaban J connectivity index is 1.32. The number of para-hydroxylation sites is 3. The van der Waals surface area contributed by atoms with Crippen molar-refractivity contribution in [2.45, 2.75) is 32.8 Å². The van der Waals surface area contributed by atoms with Gasteiger partial charge in [-0.1, -0.05) is 30.3 Å². The van der Waals surface area contributed by atoms with E-state index < -0.39 is 0 Å². The number of hydrogen-bond donors (Lipinski definition) is 1. The number of hydrogen-bond acceptors (Lipinski definition) is 6. The van der Waals surface area contributed by atoms with Gasteiger partial charge in [-0.3, -0.25) is 14.5 Å². The van der Waals surface area contributed by atoms with Gasteiger partial charge in [-0.15, -0.1) is 11.3 Å². The fourth-order valence-electron chi connectivity index (χ4n) is 3.68. The molecule has 2 heterocycles. The van der Waals surface area contributed by atoms with E-state index in [0.717, 1.165) is 11.9 Å². The van der Waals surface area contributed by atoms with Gasteiger partial charge in [-0.2, -0.15) is 0 Å².